The van der Waals surface area contributed by atoms with Gasteiger partial charge in [-0.2, -0.15) is 0 Å². The Hall–Kier alpha value is -3.47. The van der Waals surface area contributed by atoms with Gasteiger partial charge in [-0.3, -0.25) is 9.78 Å². The molecule has 1 fully saturated rings. The lowest BCUT2D eigenvalue weighted by molar-refractivity contribution is -0.178. The number of pyridine rings is 1. The summed E-state index contributed by atoms with van der Waals surface area (Å²) in [7, 11) is 0. The van der Waals surface area contributed by atoms with Crippen molar-refractivity contribution in [2.75, 3.05) is 19.8 Å². The Morgan fingerprint density at radius 2 is 2.03 bits per heavy atom. The largest absolute Gasteiger partial charge is 0.394 e. The molecular weight excluding hydrogens is 438 g/mol. The van der Waals surface area contributed by atoms with Gasteiger partial charge < -0.3 is 24.7 Å². The van der Waals surface area contributed by atoms with Crippen LogP contribution in [-0.2, 0) is 20.9 Å². The molecule has 5 rings (SSSR count). The molecule has 1 saturated heterocycles. The first-order valence-electron chi connectivity index (χ1n) is 11.1. The van der Waals surface area contributed by atoms with Crippen LogP contribution in [0, 0.1) is 6.92 Å². The fourth-order valence-corrected chi connectivity index (χ4v) is 4.03. The molecule has 0 aliphatic carbocycles. The number of aliphatic hydroxyl groups excluding tert-OH is 1. The molecule has 0 spiro atoms. The molecule has 0 radical (unpaired) electrons. The number of aliphatic hydroxyl groups is 1. The smallest absolute Gasteiger partial charge is 0.270 e. The van der Waals surface area contributed by atoms with Gasteiger partial charge in [0.25, 0.3) is 5.91 Å². The third kappa shape index (κ3) is 4.74. The molecule has 1 aromatic carbocycles. The Morgan fingerprint density at radius 1 is 1.15 bits per heavy atom. The highest BCUT2D eigenvalue weighted by molar-refractivity contribution is 6.02. The lowest BCUT2D eigenvalue weighted by atomic mass is 10.0. The van der Waals surface area contributed by atoms with Crippen LogP contribution >= 0.6 is 0 Å². The van der Waals surface area contributed by atoms with Gasteiger partial charge in [0.2, 0.25) is 0 Å². The summed E-state index contributed by atoms with van der Waals surface area (Å²) in [6, 6.07) is 11.3. The minimum absolute atomic E-state index is 0.0809. The number of benzene rings is 1. The standard InChI is InChI=1S/C24H25N5O5/c1-14-27-19(20-9-22(34-29-20)23-13-32-16(11-30)12-33-23)8-21(28-14)24(31)26-10-15-6-7-25-18-5-3-2-4-17(15)18/h2-8,16,22-23,30H,9-13H2,1H3,(H,26,31)/t16-,22-,23-/m1/s1. The van der Waals surface area contributed by atoms with Crippen molar-refractivity contribution in [3.8, 4) is 0 Å². The molecule has 1 amide bonds. The average Bonchev–Trinajstić information content (AvgIpc) is 3.37. The van der Waals surface area contributed by atoms with Crippen molar-refractivity contribution in [1.29, 1.82) is 0 Å². The summed E-state index contributed by atoms with van der Waals surface area (Å²) in [5, 5.41) is 17.3. The molecule has 2 N–H and O–H groups in total. The number of para-hydroxylation sites is 1. The number of aryl methyl sites for hydroxylation is 1. The molecule has 0 saturated carbocycles. The second-order valence-electron chi connectivity index (χ2n) is 8.25. The molecule has 10 nitrogen and oxygen atoms in total. The second kappa shape index (κ2) is 9.80. The average molecular weight is 463 g/mol. The van der Waals surface area contributed by atoms with E-state index in [4.69, 9.17) is 14.3 Å². The highest BCUT2D eigenvalue weighted by Crippen LogP contribution is 2.23. The van der Waals surface area contributed by atoms with Crippen LogP contribution in [0.2, 0.25) is 0 Å². The van der Waals surface area contributed by atoms with Gasteiger partial charge in [-0.25, -0.2) is 9.97 Å². The van der Waals surface area contributed by atoms with Gasteiger partial charge in [0, 0.05) is 24.5 Å². The first-order valence-corrected chi connectivity index (χ1v) is 11.1. The number of oxime groups is 1. The molecule has 4 heterocycles. The number of rotatable bonds is 6. The van der Waals surface area contributed by atoms with Crippen LogP contribution in [0.4, 0.5) is 0 Å². The summed E-state index contributed by atoms with van der Waals surface area (Å²) >= 11 is 0. The van der Waals surface area contributed by atoms with Crippen LogP contribution in [0.5, 0.6) is 0 Å². The first kappa shape index (κ1) is 22.3. The normalized spacial score (nSPS) is 22.3. The van der Waals surface area contributed by atoms with E-state index in [1.54, 1.807) is 19.2 Å². The number of carbonyl (C=O) groups excluding carboxylic acids is 1. The van der Waals surface area contributed by atoms with Crippen molar-refractivity contribution in [3.63, 3.8) is 0 Å². The van der Waals surface area contributed by atoms with Crippen molar-refractivity contribution >= 4 is 22.5 Å². The molecule has 2 aromatic heterocycles. The van der Waals surface area contributed by atoms with Crippen LogP contribution in [0.25, 0.3) is 10.9 Å². The monoisotopic (exact) mass is 463 g/mol. The molecular formula is C24H25N5O5. The fraction of sp³-hybridized carbons (Fsp3) is 0.375. The van der Waals surface area contributed by atoms with Crippen LogP contribution in [0.1, 0.15) is 34.0 Å². The number of nitrogens with zero attached hydrogens (tertiary/aromatic N) is 4. The van der Waals surface area contributed by atoms with Crippen LogP contribution < -0.4 is 5.32 Å². The number of hydrogen-bond donors (Lipinski definition) is 2. The number of aromatic nitrogens is 3. The Labute approximate surface area is 196 Å². The summed E-state index contributed by atoms with van der Waals surface area (Å²) < 4.78 is 11.3. The van der Waals surface area contributed by atoms with Crippen molar-refractivity contribution < 1.29 is 24.2 Å². The summed E-state index contributed by atoms with van der Waals surface area (Å²) in [5.74, 6) is 0.161. The number of carbonyl (C=O) groups is 1. The predicted molar refractivity (Wildman–Crippen MR) is 122 cm³/mol. The zero-order valence-electron chi connectivity index (χ0n) is 18.7. The van der Waals surface area contributed by atoms with Gasteiger partial charge in [-0.1, -0.05) is 23.4 Å². The zero-order chi connectivity index (χ0) is 23.5. The van der Waals surface area contributed by atoms with Crippen molar-refractivity contribution in [2.24, 2.45) is 5.16 Å². The number of amides is 1. The molecule has 3 atom stereocenters. The molecule has 0 bridgehead atoms. The number of ether oxygens (including phenoxy) is 2. The van der Waals surface area contributed by atoms with E-state index in [0.717, 1.165) is 16.5 Å². The van der Waals surface area contributed by atoms with Crippen molar-refractivity contribution in [2.45, 2.75) is 38.2 Å². The molecule has 10 heteroatoms. The van der Waals surface area contributed by atoms with E-state index in [0.29, 0.717) is 43.4 Å². The van der Waals surface area contributed by atoms with E-state index < -0.39 is 0 Å². The van der Waals surface area contributed by atoms with Gasteiger partial charge in [-0.15, -0.1) is 0 Å². The first-order chi connectivity index (χ1) is 16.6. The lowest BCUT2D eigenvalue weighted by Crippen LogP contribution is -2.43. The lowest BCUT2D eigenvalue weighted by Gasteiger charge is -2.30. The maximum Gasteiger partial charge on any atom is 0.270 e. The number of nitrogens with one attached hydrogen (secondary N) is 1. The SMILES string of the molecule is Cc1nc(C(=O)NCc2ccnc3ccccc23)cc(C2=NO[C@@H]([C@H]3CO[C@H](CO)CO3)C2)n1. The summed E-state index contributed by atoms with van der Waals surface area (Å²) in [6.45, 7) is 2.62. The molecule has 0 unspecified atom stereocenters. The second-order valence-corrected chi connectivity index (χ2v) is 8.25. The summed E-state index contributed by atoms with van der Waals surface area (Å²) in [4.78, 5) is 31.6. The summed E-state index contributed by atoms with van der Waals surface area (Å²) in [6.07, 6.45) is 1.29. The van der Waals surface area contributed by atoms with E-state index in [1.807, 2.05) is 30.3 Å². The van der Waals surface area contributed by atoms with E-state index in [1.165, 1.54) is 0 Å². The van der Waals surface area contributed by atoms with Crippen LogP contribution in [0.15, 0.2) is 47.8 Å². The molecule has 2 aliphatic heterocycles. The van der Waals surface area contributed by atoms with Gasteiger partial charge in [0.1, 0.15) is 29.4 Å². The Morgan fingerprint density at radius 3 is 2.85 bits per heavy atom. The molecule has 34 heavy (non-hydrogen) atoms. The zero-order valence-corrected chi connectivity index (χ0v) is 18.7. The Balaban J connectivity index is 1.25. The van der Waals surface area contributed by atoms with E-state index in [2.05, 4.69) is 25.4 Å². The number of hydrogen-bond acceptors (Lipinski definition) is 9. The highest BCUT2D eigenvalue weighted by atomic mass is 16.7. The quantitative estimate of drug-likeness (QED) is 0.563. The highest BCUT2D eigenvalue weighted by Gasteiger charge is 2.35. The maximum atomic E-state index is 12.9. The molecule has 3 aromatic rings. The maximum absolute atomic E-state index is 12.9. The van der Waals surface area contributed by atoms with E-state index >= 15 is 0 Å². The number of fused-ring (bicyclic) bond motifs is 1. The third-order valence-electron chi connectivity index (χ3n) is 5.85. The van der Waals surface area contributed by atoms with Crippen molar-refractivity contribution in [3.05, 3.63) is 65.4 Å². The van der Waals surface area contributed by atoms with Gasteiger partial charge in [-0.05, 0) is 30.7 Å². The fourth-order valence-electron chi connectivity index (χ4n) is 4.03. The Kier molecular flexibility index (Phi) is 6.43. The van der Waals surface area contributed by atoms with Gasteiger partial charge in [0.15, 0.2) is 6.10 Å². The predicted octanol–water partition coefficient (Wildman–Crippen LogP) is 1.53. The molecule has 2 aliphatic rings. The minimum Gasteiger partial charge on any atom is -0.394 e. The van der Waals surface area contributed by atoms with Gasteiger partial charge >= 0.3 is 0 Å². The van der Waals surface area contributed by atoms with Crippen LogP contribution in [-0.4, -0.2) is 69.8 Å². The van der Waals surface area contributed by atoms with E-state index in [-0.39, 0.29) is 36.5 Å². The topological polar surface area (TPSA) is 128 Å². The van der Waals surface area contributed by atoms with E-state index in [9.17, 15) is 9.90 Å². The Bertz CT molecular complexity index is 1220. The summed E-state index contributed by atoms with van der Waals surface area (Å²) in [5.41, 5.74) is 3.27. The minimum atomic E-state index is -0.317. The van der Waals surface area contributed by atoms with Crippen LogP contribution in [0.3, 0.4) is 0 Å². The van der Waals surface area contributed by atoms with Crippen molar-refractivity contribution in [1.82, 2.24) is 20.3 Å². The van der Waals surface area contributed by atoms with Gasteiger partial charge in [0.05, 0.1) is 31.0 Å². The molecule has 176 valence electrons. The third-order valence-corrected chi connectivity index (χ3v) is 5.85.